The number of halogens is 2. The molecule has 2 heterocycles. The van der Waals surface area contributed by atoms with Crippen molar-refractivity contribution in [2.45, 2.75) is 44.2 Å². The molecule has 0 radical (unpaired) electrons. The molecule has 3 atom stereocenters. The Morgan fingerprint density at radius 3 is 2.68 bits per heavy atom. The number of hydrogen-bond donors (Lipinski definition) is 4. The summed E-state index contributed by atoms with van der Waals surface area (Å²) < 4.78 is 48.6. The average molecular weight is 385 g/mol. The van der Waals surface area contributed by atoms with E-state index in [2.05, 4.69) is 14.8 Å². The van der Waals surface area contributed by atoms with Crippen LogP contribution in [0.25, 0.3) is 0 Å². The lowest BCUT2D eigenvalue weighted by Gasteiger charge is -2.21. The van der Waals surface area contributed by atoms with Gasteiger partial charge in [0.05, 0.1) is 6.61 Å². The molecule has 0 bridgehead atoms. The molecule has 0 aromatic carbocycles. The Morgan fingerprint density at radius 2 is 2.16 bits per heavy atom. The molecule has 13 heteroatoms. The van der Waals surface area contributed by atoms with Crippen LogP contribution in [0, 0.1) is 0 Å². The molecule has 0 unspecified atom stereocenters. The molecule has 1 saturated heterocycles. The van der Waals surface area contributed by atoms with Crippen molar-refractivity contribution in [1.29, 1.82) is 0 Å². The van der Waals surface area contributed by atoms with E-state index in [4.69, 9.17) is 14.5 Å². The number of anilines is 1. The van der Waals surface area contributed by atoms with Gasteiger partial charge in [0.15, 0.2) is 6.10 Å². The highest BCUT2D eigenvalue weighted by Gasteiger charge is 2.60. The first-order valence-electron chi connectivity index (χ1n) is 7.19. The highest BCUT2D eigenvalue weighted by Crippen LogP contribution is 2.44. The quantitative estimate of drug-likeness (QED) is 0.500. The molecular formula is C12H18F2N3O7P. The number of hydrogen-bond acceptors (Lipinski definition) is 7. The third-order valence-corrected chi connectivity index (χ3v) is 3.79. The molecule has 0 amide bonds. The Kier molecular flexibility index (Phi) is 5.62. The van der Waals surface area contributed by atoms with Crippen molar-refractivity contribution in [3.63, 3.8) is 0 Å². The van der Waals surface area contributed by atoms with Crippen LogP contribution in [0.3, 0.4) is 0 Å². The van der Waals surface area contributed by atoms with E-state index in [9.17, 15) is 23.2 Å². The first-order chi connectivity index (χ1) is 11.4. The molecule has 0 spiro atoms. The van der Waals surface area contributed by atoms with Crippen LogP contribution in [-0.4, -0.2) is 55.2 Å². The lowest BCUT2D eigenvalue weighted by atomic mass is 10.1. The summed E-state index contributed by atoms with van der Waals surface area (Å²) in [5.74, 6) is -3.72. The first-order valence-corrected chi connectivity index (χ1v) is 8.72. The molecule has 0 saturated carbocycles. The smallest absolute Gasteiger partial charge is 0.384 e. The maximum Gasteiger partial charge on any atom is 0.469 e. The topological polar surface area (TPSA) is 143 Å². The van der Waals surface area contributed by atoms with Gasteiger partial charge in [-0.05, 0) is 19.9 Å². The van der Waals surface area contributed by atoms with Crippen LogP contribution in [0.15, 0.2) is 17.1 Å². The minimum Gasteiger partial charge on any atom is -0.384 e. The summed E-state index contributed by atoms with van der Waals surface area (Å²) in [4.78, 5) is 32.8. The number of rotatable bonds is 6. The Hall–Kier alpha value is -1.43. The zero-order chi connectivity index (χ0) is 19.0. The van der Waals surface area contributed by atoms with E-state index in [1.807, 2.05) is 0 Å². The van der Waals surface area contributed by atoms with Crippen LogP contribution in [0.2, 0.25) is 0 Å². The van der Waals surface area contributed by atoms with E-state index in [0.717, 1.165) is 6.20 Å². The molecule has 10 nitrogen and oxygen atoms in total. The van der Waals surface area contributed by atoms with Crippen LogP contribution in [-0.2, 0) is 13.8 Å². The second-order valence-corrected chi connectivity index (χ2v) is 6.97. The number of phosphoric ester groups is 1. The largest absolute Gasteiger partial charge is 0.469 e. The van der Waals surface area contributed by atoms with E-state index in [1.54, 1.807) is 13.8 Å². The van der Waals surface area contributed by atoms with Gasteiger partial charge in [-0.3, -0.25) is 9.09 Å². The SMILES string of the molecule is CC(C)Nc1ccn([C@@H]2O[C@H](COP(=O)(O)O)[C@@H](O)C2(F)F)c(=O)n1. The molecule has 1 fully saturated rings. The van der Waals surface area contributed by atoms with Gasteiger partial charge in [0, 0.05) is 12.2 Å². The summed E-state index contributed by atoms with van der Waals surface area (Å²) in [6.45, 7) is 2.61. The van der Waals surface area contributed by atoms with E-state index >= 15 is 0 Å². The van der Waals surface area contributed by atoms with E-state index in [0.29, 0.717) is 4.57 Å². The Labute approximate surface area is 140 Å². The Morgan fingerprint density at radius 1 is 1.52 bits per heavy atom. The van der Waals surface area contributed by atoms with Crippen molar-refractivity contribution in [2.24, 2.45) is 0 Å². The van der Waals surface area contributed by atoms with Gasteiger partial charge in [0.2, 0.25) is 6.23 Å². The summed E-state index contributed by atoms with van der Waals surface area (Å²) in [7, 11) is -4.93. The second-order valence-electron chi connectivity index (χ2n) is 5.73. The van der Waals surface area contributed by atoms with Crippen LogP contribution in [0.4, 0.5) is 14.6 Å². The van der Waals surface area contributed by atoms with Crippen molar-refractivity contribution < 1.29 is 37.5 Å². The predicted molar refractivity (Wildman–Crippen MR) is 80.1 cm³/mol. The average Bonchev–Trinajstić information content (AvgIpc) is 2.67. The number of phosphoric acid groups is 1. The minimum absolute atomic E-state index is 0.0390. The number of aliphatic hydroxyl groups is 1. The van der Waals surface area contributed by atoms with E-state index in [1.165, 1.54) is 6.07 Å². The summed E-state index contributed by atoms with van der Waals surface area (Å²) >= 11 is 0. The van der Waals surface area contributed by atoms with Gasteiger partial charge in [-0.2, -0.15) is 13.8 Å². The number of nitrogens with one attached hydrogen (secondary N) is 1. The van der Waals surface area contributed by atoms with Crippen LogP contribution in [0.1, 0.15) is 20.1 Å². The molecule has 25 heavy (non-hydrogen) atoms. The molecule has 142 valence electrons. The van der Waals surface area contributed by atoms with Crippen molar-refractivity contribution >= 4 is 13.6 Å². The molecule has 4 N–H and O–H groups in total. The summed E-state index contributed by atoms with van der Waals surface area (Å²) in [5, 5.41) is 12.5. The summed E-state index contributed by atoms with van der Waals surface area (Å²) in [6, 6.07) is 1.25. The molecule has 1 aromatic heterocycles. The molecular weight excluding hydrogens is 367 g/mol. The van der Waals surface area contributed by atoms with Crippen LogP contribution in [0.5, 0.6) is 0 Å². The van der Waals surface area contributed by atoms with Crippen molar-refractivity contribution in [1.82, 2.24) is 9.55 Å². The van der Waals surface area contributed by atoms with Gasteiger partial charge >= 0.3 is 19.4 Å². The van der Waals surface area contributed by atoms with Crippen molar-refractivity contribution in [2.75, 3.05) is 11.9 Å². The fourth-order valence-corrected chi connectivity index (χ4v) is 2.59. The number of aromatic nitrogens is 2. The number of aliphatic hydroxyl groups excluding tert-OH is 1. The van der Waals surface area contributed by atoms with E-state index < -0.39 is 44.5 Å². The van der Waals surface area contributed by atoms with Gasteiger partial charge in [-0.25, -0.2) is 9.36 Å². The zero-order valence-electron chi connectivity index (χ0n) is 13.2. The van der Waals surface area contributed by atoms with Crippen LogP contribution >= 0.6 is 7.82 Å². The van der Waals surface area contributed by atoms with E-state index in [-0.39, 0.29) is 11.9 Å². The molecule has 2 rings (SSSR count). The summed E-state index contributed by atoms with van der Waals surface area (Å²) in [6.07, 6.45) is -5.34. The monoisotopic (exact) mass is 385 g/mol. The highest BCUT2D eigenvalue weighted by atomic mass is 31.2. The fraction of sp³-hybridized carbons (Fsp3) is 0.667. The third-order valence-electron chi connectivity index (χ3n) is 3.31. The molecule has 0 aliphatic carbocycles. The van der Waals surface area contributed by atoms with Gasteiger partial charge in [-0.1, -0.05) is 0 Å². The Bertz CT molecular complexity index is 723. The van der Waals surface area contributed by atoms with Gasteiger partial charge in [-0.15, -0.1) is 0 Å². The zero-order valence-corrected chi connectivity index (χ0v) is 14.1. The third kappa shape index (κ3) is 4.60. The van der Waals surface area contributed by atoms with Crippen molar-refractivity contribution in [3.05, 3.63) is 22.7 Å². The number of alkyl halides is 2. The standard InChI is InChI=1S/C12H18F2N3O7P/c1-6(2)15-8-3-4-17(11(19)16-8)10-12(13,14)9(18)7(24-10)5-23-25(20,21)22/h3-4,6-7,9-10,18H,5H2,1-2H3,(H,15,16,19)(H2,20,21,22)/t7-,9-,10-/m1/s1. The number of ether oxygens (including phenoxy) is 1. The van der Waals surface area contributed by atoms with Gasteiger partial charge < -0.3 is 24.9 Å². The molecule has 1 aromatic rings. The predicted octanol–water partition coefficient (Wildman–Crippen LogP) is 0.0665. The van der Waals surface area contributed by atoms with Gasteiger partial charge in [0.1, 0.15) is 11.9 Å². The highest BCUT2D eigenvalue weighted by molar-refractivity contribution is 7.46. The lowest BCUT2D eigenvalue weighted by Crippen LogP contribution is -2.42. The second kappa shape index (κ2) is 7.06. The first kappa shape index (κ1) is 19.9. The van der Waals surface area contributed by atoms with Crippen molar-refractivity contribution in [3.8, 4) is 0 Å². The number of nitrogens with zero attached hydrogens (tertiary/aromatic N) is 2. The minimum atomic E-state index is -4.93. The normalized spacial score (nSPS) is 26.2. The fourth-order valence-electron chi connectivity index (χ4n) is 2.24. The van der Waals surface area contributed by atoms with Crippen LogP contribution < -0.4 is 11.0 Å². The maximum atomic E-state index is 14.2. The summed E-state index contributed by atoms with van der Waals surface area (Å²) in [5.41, 5.74) is -1.04. The molecule has 1 aliphatic heterocycles. The molecule has 1 aliphatic rings. The Balaban J connectivity index is 2.24. The maximum absolute atomic E-state index is 14.2. The lowest BCUT2D eigenvalue weighted by molar-refractivity contribution is -0.140. The van der Waals surface area contributed by atoms with Gasteiger partial charge in [0.25, 0.3) is 0 Å².